The van der Waals surface area contributed by atoms with E-state index in [0.29, 0.717) is 13.2 Å². The molecule has 2 heterocycles. The normalized spacial score (nSPS) is 15.2. The number of urea groups is 1. The van der Waals surface area contributed by atoms with Crippen molar-refractivity contribution in [3.63, 3.8) is 0 Å². The molecule has 4 N–H and O–H groups in total. The average molecular weight is 618 g/mol. The summed E-state index contributed by atoms with van der Waals surface area (Å²) in [6.45, 7) is 9.34. The van der Waals surface area contributed by atoms with Gasteiger partial charge in [0, 0.05) is 68.1 Å². The molecule has 0 aliphatic carbocycles. The summed E-state index contributed by atoms with van der Waals surface area (Å²) in [5.74, 6) is 0.883. The molecule has 0 aromatic heterocycles. The molecule has 3 aromatic carbocycles. The summed E-state index contributed by atoms with van der Waals surface area (Å²) in [5, 5.41) is 15.7. The van der Waals surface area contributed by atoms with Crippen LogP contribution in [0, 0.1) is 5.41 Å². The Bertz CT molecular complexity index is 1280. The van der Waals surface area contributed by atoms with E-state index in [1.807, 2.05) is 68.4 Å². The van der Waals surface area contributed by atoms with Crippen LogP contribution in [0.2, 0.25) is 0 Å². The van der Waals surface area contributed by atoms with Crippen LogP contribution >= 0.6 is 0 Å². The van der Waals surface area contributed by atoms with Gasteiger partial charge < -0.3 is 45.5 Å². The molecule has 11 nitrogen and oxygen atoms in total. The molecule has 1 unspecified atom stereocenters. The fraction of sp³-hybridized carbons (Fsp3) is 0.382. The molecule has 0 bridgehead atoms. The highest BCUT2D eigenvalue weighted by Crippen LogP contribution is 2.24. The standard InChI is InChI=1S/C22H30N4O2.C9H10O2.C3H7N3/c1-4-17(2)23-22(27)24-18-5-7-19(8-6-18)25-13-15-26(16-14-25)20-9-11-21(28-3)12-10-20;1-2-4-8(5-3-1)9-10-6-7-11-9;1-5-6-3-2-4/h5-12,17H,4,13-16H2,1-3H3,(H2,23,24,27);1-5,9H,6-7H2;2-5H,1H3/b;;4-2?,6-3-. The van der Waals surface area contributed by atoms with E-state index in [9.17, 15) is 4.79 Å². The Labute approximate surface area is 267 Å². The Balaban J connectivity index is 0.000000264. The van der Waals surface area contributed by atoms with E-state index in [0.717, 1.165) is 55.8 Å². The predicted molar refractivity (Wildman–Crippen MR) is 183 cm³/mol. The minimum Gasteiger partial charge on any atom is -0.497 e. The van der Waals surface area contributed by atoms with Crippen LogP contribution in [-0.2, 0) is 9.47 Å². The summed E-state index contributed by atoms with van der Waals surface area (Å²) in [5.41, 5.74) is 6.81. The van der Waals surface area contributed by atoms with E-state index >= 15 is 0 Å². The second-order valence-corrected chi connectivity index (χ2v) is 10.3. The molecule has 2 amide bonds. The summed E-state index contributed by atoms with van der Waals surface area (Å²) in [7, 11) is 3.37. The molecule has 11 heteroatoms. The lowest BCUT2D eigenvalue weighted by Gasteiger charge is -2.37. The first-order valence-corrected chi connectivity index (χ1v) is 15.3. The van der Waals surface area contributed by atoms with Gasteiger partial charge in [0.1, 0.15) is 5.75 Å². The number of carbonyl (C=O) groups excluding carboxylic acids is 1. The van der Waals surface area contributed by atoms with Crippen molar-refractivity contribution in [2.24, 2.45) is 5.10 Å². The summed E-state index contributed by atoms with van der Waals surface area (Å²) in [6, 6.07) is 26.3. The maximum Gasteiger partial charge on any atom is 0.319 e. The SMILES string of the molecule is CCC(C)NC(=O)Nc1ccc(N2CCN(c3ccc(OC)cc3)CC2)cc1.CN/N=C\C=N.c1ccc(C2OCCO2)cc1. The first kappa shape index (κ1) is 34.9. The van der Waals surface area contributed by atoms with Gasteiger partial charge in [-0.1, -0.05) is 37.3 Å². The fourth-order valence-electron chi connectivity index (χ4n) is 4.54. The van der Waals surface area contributed by atoms with E-state index < -0.39 is 0 Å². The van der Waals surface area contributed by atoms with Crippen molar-refractivity contribution in [2.75, 3.05) is 68.7 Å². The zero-order chi connectivity index (χ0) is 32.3. The molecule has 5 rings (SSSR count). The number of ether oxygens (including phenoxy) is 3. The van der Waals surface area contributed by atoms with Gasteiger partial charge in [0.2, 0.25) is 0 Å². The van der Waals surface area contributed by atoms with Crippen LogP contribution in [0.4, 0.5) is 21.9 Å². The van der Waals surface area contributed by atoms with Gasteiger partial charge >= 0.3 is 6.03 Å². The second kappa shape index (κ2) is 19.6. The highest BCUT2D eigenvalue weighted by Gasteiger charge is 2.18. The third-order valence-electron chi connectivity index (χ3n) is 7.17. The van der Waals surface area contributed by atoms with Crippen LogP contribution in [-0.4, -0.2) is 78.1 Å². The van der Waals surface area contributed by atoms with Gasteiger partial charge in [-0.05, 0) is 61.9 Å². The maximum absolute atomic E-state index is 11.9. The van der Waals surface area contributed by atoms with Gasteiger partial charge in [-0.15, -0.1) is 0 Å². The number of nitrogens with zero attached hydrogens (tertiary/aromatic N) is 3. The number of hydrazone groups is 1. The second-order valence-electron chi connectivity index (χ2n) is 10.3. The molecule has 0 radical (unpaired) electrons. The summed E-state index contributed by atoms with van der Waals surface area (Å²) in [4.78, 5) is 16.7. The van der Waals surface area contributed by atoms with Crippen LogP contribution in [0.15, 0.2) is 84.0 Å². The van der Waals surface area contributed by atoms with Crippen molar-refractivity contribution < 1.29 is 19.0 Å². The van der Waals surface area contributed by atoms with Crippen LogP contribution in [0.5, 0.6) is 5.75 Å². The van der Waals surface area contributed by atoms with Crippen LogP contribution in [0.1, 0.15) is 32.1 Å². The lowest BCUT2D eigenvalue weighted by Crippen LogP contribution is -2.46. The summed E-state index contributed by atoms with van der Waals surface area (Å²) in [6.07, 6.45) is 3.25. The topological polar surface area (TPSA) is 124 Å². The molecule has 45 heavy (non-hydrogen) atoms. The molecule has 0 saturated carbocycles. The third kappa shape index (κ3) is 12.1. The number of hydrogen-bond donors (Lipinski definition) is 4. The Morgan fingerprint density at radius 1 is 0.956 bits per heavy atom. The first-order chi connectivity index (χ1) is 22.0. The molecule has 2 aliphatic rings. The number of amides is 2. The highest BCUT2D eigenvalue weighted by molar-refractivity contribution is 6.14. The van der Waals surface area contributed by atoms with Crippen LogP contribution < -0.4 is 30.6 Å². The largest absolute Gasteiger partial charge is 0.497 e. The molecule has 2 aliphatic heterocycles. The van der Waals surface area contributed by atoms with Crippen molar-refractivity contribution >= 4 is 35.5 Å². The zero-order valence-corrected chi connectivity index (χ0v) is 26.7. The van der Waals surface area contributed by atoms with E-state index in [-0.39, 0.29) is 18.4 Å². The first-order valence-electron chi connectivity index (χ1n) is 15.3. The number of rotatable bonds is 9. The molecule has 1 atom stereocenters. The van der Waals surface area contributed by atoms with E-state index in [4.69, 9.17) is 19.6 Å². The van der Waals surface area contributed by atoms with Crippen molar-refractivity contribution in [1.82, 2.24) is 10.7 Å². The summed E-state index contributed by atoms with van der Waals surface area (Å²) >= 11 is 0. The van der Waals surface area contributed by atoms with Crippen molar-refractivity contribution in [2.45, 2.75) is 32.6 Å². The highest BCUT2D eigenvalue weighted by atomic mass is 16.7. The predicted octanol–water partition coefficient (Wildman–Crippen LogP) is 5.51. The minimum atomic E-state index is -0.157. The molecule has 3 aromatic rings. The lowest BCUT2D eigenvalue weighted by atomic mass is 10.2. The minimum absolute atomic E-state index is 0.129. The molecular weight excluding hydrogens is 570 g/mol. The average Bonchev–Trinajstić information content (AvgIpc) is 3.64. The van der Waals surface area contributed by atoms with Gasteiger partial charge in [0.05, 0.1) is 26.5 Å². The number of anilines is 3. The quantitative estimate of drug-likeness (QED) is 0.184. The van der Waals surface area contributed by atoms with E-state index in [1.54, 1.807) is 14.2 Å². The number of nitrogens with one attached hydrogen (secondary N) is 4. The van der Waals surface area contributed by atoms with Gasteiger partial charge in [-0.3, -0.25) is 0 Å². The number of hydrogen-bond acceptors (Lipinski definition) is 9. The lowest BCUT2D eigenvalue weighted by molar-refractivity contribution is -0.0441. The van der Waals surface area contributed by atoms with Gasteiger partial charge in [-0.2, -0.15) is 5.10 Å². The summed E-state index contributed by atoms with van der Waals surface area (Å²) < 4.78 is 15.9. The van der Waals surface area contributed by atoms with Crippen LogP contribution in [0.25, 0.3) is 0 Å². The molecule has 2 fully saturated rings. The van der Waals surface area contributed by atoms with Crippen molar-refractivity contribution in [3.8, 4) is 5.75 Å². The third-order valence-corrected chi connectivity index (χ3v) is 7.17. The Hall–Kier alpha value is -4.61. The maximum atomic E-state index is 11.9. The number of benzene rings is 3. The molecule has 242 valence electrons. The Morgan fingerprint density at radius 3 is 1.98 bits per heavy atom. The number of carbonyl (C=O) groups is 1. The number of piperazine rings is 1. The van der Waals surface area contributed by atoms with Gasteiger partial charge in [-0.25, -0.2) is 4.79 Å². The molecule has 2 saturated heterocycles. The Morgan fingerprint density at radius 2 is 1.51 bits per heavy atom. The van der Waals surface area contributed by atoms with Gasteiger partial charge in [0.25, 0.3) is 0 Å². The zero-order valence-electron chi connectivity index (χ0n) is 26.7. The molecular formula is C34H47N7O4. The Kier molecular flexibility index (Phi) is 15.2. The smallest absolute Gasteiger partial charge is 0.319 e. The van der Waals surface area contributed by atoms with Crippen LogP contribution in [0.3, 0.4) is 0 Å². The van der Waals surface area contributed by atoms with E-state index in [2.05, 4.69) is 55.2 Å². The van der Waals surface area contributed by atoms with Gasteiger partial charge in [0.15, 0.2) is 6.29 Å². The van der Waals surface area contributed by atoms with Crippen molar-refractivity contribution in [3.05, 3.63) is 84.4 Å². The number of methoxy groups -OCH3 is 1. The van der Waals surface area contributed by atoms with Crippen molar-refractivity contribution in [1.29, 1.82) is 5.41 Å². The molecule has 0 spiro atoms. The van der Waals surface area contributed by atoms with E-state index in [1.165, 1.54) is 17.6 Å². The monoisotopic (exact) mass is 617 g/mol. The fourth-order valence-corrected chi connectivity index (χ4v) is 4.54.